The second kappa shape index (κ2) is 5.82. The number of benzene rings is 1. The van der Waals surface area contributed by atoms with Gasteiger partial charge in [-0.3, -0.25) is 0 Å². The molecule has 104 valence electrons. The number of aromatic nitrogens is 2. The van der Waals surface area contributed by atoms with Crippen LogP contribution in [0.1, 0.15) is 24.2 Å². The third-order valence-electron chi connectivity index (χ3n) is 3.91. The summed E-state index contributed by atoms with van der Waals surface area (Å²) < 4.78 is 2.15. The van der Waals surface area contributed by atoms with Gasteiger partial charge in [0.1, 0.15) is 5.82 Å². The molecule has 1 aliphatic heterocycles. The zero-order valence-electron chi connectivity index (χ0n) is 11.3. The highest BCUT2D eigenvalue weighted by Gasteiger charge is 2.14. The standard InChI is InChI=1S/C15H17ClN4/c16-10-15-18-13-4-3-12(11-17)9-14(13)20(15)8-7-19-5-1-2-6-19/h3-4,9H,1-2,5-8,10H2. The highest BCUT2D eigenvalue weighted by molar-refractivity contribution is 6.16. The molecule has 2 aromatic rings. The van der Waals surface area contributed by atoms with Crippen molar-refractivity contribution in [1.29, 1.82) is 5.26 Å². The Morgan fingerprint density at radius 1 is 1.25 bits per heavy atom. The molecule has 0 unspecified atom stereocenters. The molecule has 0 atom stereocenters. The molecule has 1 saturated heterocycles. The summed E-state index contributed by atoms with van der Waals surface area (Å²) in [6, 6.07) is 7.79. The summed E-state index contributed by atoms with van der Waals surface area (Å²) in [6.07, 6.45) is 2.59. The summed E-state index contributed by atoms with van der Waals surface area (Å²) in [5.41, 5.74) is 2.60. The van der Waals surface area contributed by atoms with Gasteiger partial charge in [-0.2, -0.15) is 5.26 Å². The van der Waals surface area contributed by atoms with Gasteiger partial charge in [-0.15, -0.1) is 11.6 Å². The maximum atomic E-state index is 9.04. The van der Waals surface area contributed by atoms with Crippen molar-refractivity contribution in [2.24, 2.45) is 0 Å². The minimum Gasteiger partial charge on any atom is -0.326 e. The van der Waals surface area contributed by atoms with E-state index in [1.54, 1.807) is 6.07 Å². The molecular formula is C15H17ClN4. The maximum absolute atomic E-state index is 9.04. The number of imidazole rings is 1. The molecule has 2 heterocycles. The Morgan fingerprint density at radius 3 is 2.75 bits per heavy atom. The monoisotopic (exact) mass is 288 g/mol. The molecule has 0 saturated carbocycles. The number of rotatable bonds is 4. The van der Waals surface area contributed by atoms with E-state index in [0.717, 1.165) is 29.9 Å². The van der Waals surface area contributed by atoms with Crippen LogP contribution in [0.15, 0.2) is 18.2 Å². The van der Waals surface area contributed by atoms with Gasteiger partial charge in [0.25, 0.3) is 0 Å². The van der Waals surface area contributed by atoms with Crippen LogP contribution in [0.2, 0.25) is 0 Å². The molecule has 1 fully saturated rings. The van der Waals surface area contributed by atoms with Crippen LogP contribution in [0, 0.1) is 11.3 Å². The zero-order valence-corrected chi connectivity index (χ0v) is 12.1. The Labute approximate surface area is 123 Å². The second-order valence-corrected chi connectivity index (χ2v) is 5.44. The Hall–Kier alpha value is -1.57. The number of halogens is 1. The summed E-state index contributed by atoms with van der Waals surface area (Å²) in [4.78, 5) is 7.03. The fourth-order valence-electron chi connectivity index (χ4n) is 2.84. The SMILES string of the molecule is N#Cc1ccc2nc(CCl)n(CCN3CCCC3)c2c1. The Bertz CT molecular complexity index is 650. The number of hydrogen-bond donors (Lipinski definition) is 0. The van der Waals surface area contributed by atoms with Crippen LogP contribution in [0.3, 0.4) is 0 Å². The number of alkyl halides is 1. The maximum Gasteiger partial charge on any atom is 0.124 e. The number of likely N-dealkylation sites (tertiary alicyclic amines) is 1. The number of fused-ring (bicyclic) bond motifs is 1. The zero-order chi connectivity index (χ0) is 13.9. The van der Waals surface area contributed by atoms with Gasteiger partial charge in [-0.05, 0) is 44.1 Å². The second-order valence-electron chi connectivity index (χ2n) is 5.18. The predicted molar refractivity (Wildman–Crippen MR) is 79.7 cm³/mol. The first-order valence-electron chi connectivity index (χ1n) is 6.99. The topological polar surface area (TPSA) is 44.9 Å². The van der Waals surface area contributed by atoms with Crippen molar-refractivity contribution in [2.45, 2.75) is 25.3 Å². The van der Waals surface area contributed by atoms with Crippen molar-refractivity contribution < 1.29 is 0 Å². The minimum absolute atomic E-state index is 0.399. The van der Waals surface area contributed by atoms with E-state index in [2.05, 4.69) is 20.5 Å². The average molecular weight is 289 g/mol. The number of nitrogens with zero attached hydrogens (tertiary/aromatic N) is 4. The van der Waals surface area contributed by atoms with Gasteiger partial charge < -0.3 is 9.47 Å². The lowest BCUT2D eigenvalue weighted by atomic mass is 10.2. The van der Waals surface area contributed by atoms with Crippen LogP contribution >= 0.6 is 11.6 Å². The van der Waals surface area contributed by atoms with Crippen LogP contribution in [0.5, 0.6) is 0 Å². The number of hydrogen-bond acceptors (Lipinski definition) is 3. The van der Waals surface area contributed by atoms with Crippen molar-refractivity contribution in [2.75, 3.05) is 19.6 Å². The highest BCUT2D eigenvalue weighted by Crippen LogP contribution is 2.19. The molecule has 20 heavy (non-hydrogen) atoms. The van der Waals surface area contributed by atoms with E-state index < -0.39 is 0 Å². The van der Waals surface area contributed by atoms with Crippen molar-refractivity contribution >= 4 is 22.6 Å². The summed E-state index contributed by atoms with van der Waals surface area (Å²) in [7, 11) is 0. The van der Waals surface area contributed by atoms with E-state index in [-0.39, 0.29) is 0 Å². The molecule has 0 bridgehead atoms. The Kier molecular flexibility index (Phi) is 3.90. The first-order chi connectivity index (χ1) is 9.81. The van der Waals surface area contributed by atoms with E-state index in [4.69, 9.17) is 16.9 Å². The molecule has 3 rings (SSSR count). The molecule has 5 heteroatoms. The summed E-state index contributed by atoms with van der Waals surface area (Å²) in [5.74, 6) is 1.28. The Morgan fingerprint density at radius 2 is 2.05 bits per heavy atom. The minimum atomic E-state index is 0.399. The lowest BCUT2D eigenvalue weighted by Gasteiger charge is -2.16. The molecule has 0 amide bonds. The summed E-state index contributed by atoms with van der Waals surface area (Å²) in [6.45, 7) is 4.28. The normalized spacial score (nSPS) is 15.8. The van der Waals surface area contributed by atoms with Crippen LogP contribution in [-0.4, -0.2) is 34.1 Å². The van der Waals surface area contributed by atoms with Crippen LogP contribution < -0.4 is 0 Å². The van der Waals surface area contributed by atoms with Crippen molar-refractivity contribution in [3.05, 3.63) is 29.6 Å². The molecule has 0 aliphatic carbocycles. The van der Waals surface area contributed by atoms with E-state index in [1.165, 1.54) is 25.9 Å². The summed E-state index contributed by atoms with van der Waals surface area (Å²) in [5, 5.41) is 9.04. The fourth-order valence-corrected chi connectivity index (χ4v) is 3.05. The largest absolute Gasteiger partial charge is 0.326 e. The predicted octanol–water partition coefficient (Wildman–Crippen LogP) is 2.74. The molecule has 0 radical (unpaired) electrons. The molecule has 1 aromatic heterocycles. The van der Waals surface area contributed by atoms with Gasteiger partial charge in [0.05, 0.1) is 28.5 Å². The Balaban J connectivity index is 1.91. The van der Waals surface area contributed by atoms with Crippen LogP contribution in [-0.2, 0) is 12.4 Å². The average Bonchev–Trinajstić information content (AvgIpc) is 3.11. The van der Waals surface area contributed by atoms with Crippen LogP contribution in [0.25, 0.3) is 11.0 Å². The van der Waals surface area contributed by atoms with Gasteiger partial charge in [0, 0.05) is 13.1 Å². The number of nitriles is 1. The lowest BCUT2D eigenvalue weighted by molar-refractivity contribution is 0.323. The smallest absolute Gasteiger partial charge is 0.124 e. The quantitative estimate of drug-likeness (QED) is 0.813. The first-order valence-corrected chi connectivity index (χ1v) is 7.53. The van der Waals surface area contributed by atoms with E-state index in [0.29, 0.717) is 11.4 Å². The van der Waals surface area contributed by atoms with Crippen LogP contribution in [0.4, 0.5) is 0 Å². The van der Waals surface area contributed by atoms with Gasteiger partial charge in [-0.25, -0.2) is 4.98 Å². The van der Waals surface area contributed by atoms with Gasteiger partial charge in [0.2, 0.25) is 0 Å². The molecule has 0 spiro atoms. The molecule has 0 N–H and O–H groups in total. The van der Waals surface area contributed by atoms with Gasteiger partial charge >= 0.3 is 0 Å². The molecule has 1 aromatic carbocycles. The van der Waals surface area contributed by atoms with Crippen molar-refractivity contribution in [3.8, 4) is 6.07 Å². The van der Waals surface area contributed by atoms with E-state index >= 15 is 0 Å². The van der Waals surface area contributed by atoms with Crippen molar-refractivity contribution in [1.82, 2.24) is 14.5 Å². The third-order valence-corrected chi connectivity index (χ3v) is 4.15. The fraction of sp³-hybridized carbons (Fsp3) is 0.467. The lowest BCUT2D eigenvalue weighted by Crippen LogP contribution is -2.24. The van der Waals surface area contributed by atoms with Gasteiger partial charge in [0.15, 0.2) is 0 Å². The first kappa shape index (κ1) is 13.4. The highest BCUT2D eigenvalue weighted by atomic mass is 35.5. The summed E-state index contributed by atoms with van der Waals surface area (Å²) >= 11 is 6.01. The van der Waals surface area contributed by atoms with E-state index in [9.17, 15) is 0 Å². The molecule has 4 nitrogen and oxygen atoms in total. The van der Waals surface area contributed by atoms with E-state index in [1.807, 2.05) is 12.1 Å². The van der Waals surface area contributed by atoms with Crippen molar-refractivity contribution in [3.63, 3.8) is 0 Å². The van der Waals surface area contributed by atoms with Gasteiger partial charge in [-0.1, -0.05) is 0 Å². The third kappa shape index (κ3) is 2.52. The molecular weight excluding hydrogens is 272 g/mol. The molecule has 1 aliphatic rings.